The first-order valence-electron chi connectivity index (χ1n) is 13.2. The molecular formula is C28H27ClCuN10O5S. The zero-order valence-electron chi connectivity index (χ0n) is 24.4. The van der Waals surface area contributed by atoms with E-state index in [1.54, 1.807) is 61.9 Å². The van der Waals surface area contributed by atoms with Crippen LogP contribution in [0.25, 0.3) is 5.43 Å². The molecule has 4 aromatic rings. The van der Waals surface area contributed by atoms with E-state index in [0.717, 1.165) is 17.7 Å². The van der Waals surface area contributed by atoms with Crippen molar-refractivity contribution in [2.24, 2.45) is 15.3 Å². The van der Waals surface area contributed by atoms with Gasteiger partial charge in [-0.3, -0.25) is 4.55 Å². The van der Waals surface area contributed by atoms with Gasteiger partial charge in [0.05, 0.1) is 16.9 Å². The van der Waals surface area contributed by atoms with Crippen molar-refractivity contribution in [1.29, 1.82) is 0 Å². The van der Waals surface area contributed by atoms with Crippen LogP contribution in [0, 0.1) is 6.92 Å². The molecule has 46 heavy (non-hydrogen) atoms. The standard InChI is InChI=1S/C28H27ClN10O5S.Cu/c1-16-9-10-19(15-40)21(11-16)36-38-25(18-7-5-4-6-8-18)39-37-23-13-20(45(42,43)44)12-22(24(23)41)32-28-34-26(29)33-27(35-28)31-17(2)14-30-3;/h4-13,17,30H,14H2,1-3H3,(H4-,31,32,33,34,35,36,37,38,39,40,41,42,43,44);/q-2;+2. The average molecular weight is 715 g/mol. The number of carbonyl (C=O) groups excluding carboxylic acids is 1. The maximum absolute atomic E-state index is 12.1. The molecule has 0 bridgehead atoms. The molecule has 1 unspecified atom stereocenters. The molecule has 1 aromatic heterocycles. The Hall–Kier alpha value is -4.51. The largest absolute Gasteiger partial charge is 2.00 e. The van der Waals surface area contributed by atoms with Gasteiger partial charge in [0.2, 0.25) is 17.2 Å². The molecule has 1 radical (unpaired) electrons. The van der Waals surface area contributed by atoms with Crippen LogP contribution in [0.5, 0.6) is 5.75 Å². The summed E-state index contributed by atoms with van der Waals surface area (Å²) in [5, 5.41) is 32.0. The summed E-state index contributed by atoms with van der Waals surface area (Å²) in [4.78, 5) is 23.0. The van der Waals surface area contributed by atoms with Crippen molar-refractivity contribution in [2.75, 3.05) is 24.2 Å². The third-order valence-electron chi connectivity index (χ3n) is 5.90. The van der Waals surface area contributed by atoms with E-state index in [1.165, 1.54) is 0 Å². The second kappa shape index (κ2) is 16.2. The molecular weight excluding hydrogens is 687 g/mol. The molecule has 0 saturated carbocycles. The molecule has 0 aliphatic heterocycles. The Labute approximate surface area is 280 Å². The van der Waals surface area contributed by atoms with Crippen LogP contribution in [0.2, 0.25) is 5.28 Å². The van der Waals surface area contributed by atoms with E-state index in [2.05, 4.69) is 51.7 Å². The van der Waals surface area contributed by atoms with Crippen molar-refractivity contribution >= 4 is 62.8 Å². The first kappa shape index (κ1) is 36.0. The molecule has 0 aliphatic carbocycles. The monoisotopic (exact) mass is 713 g/mol. The van der Waals surface area contributed by atoms with E-state index in [1.807, 2.05) is 13.8 Å². The fourth-order valence-corrected chi connectivity index (χ4v) is 4.51. The van der Waals surface area contributed by atoms with Gasteiger partial charge in [-0.1, -0.05) is 53.7 Å². The maximum atomic E-state index is 12.1. The molecule has 4 rings (SSSR count). The fourth-order valence-electron chi connectivity index (χ4n) is 3.82. The number of amidine groups is 1. The molecule has 5 N–H and O–H groups in total. The Kier molecular flexibility index (Phi) is 12.6. The number of aromatic hydroxyl groups is 1. The molecule has 15 nitrogen and oxygen atoms in total. The zero-order chi connectivity index (χ0) is 32.6. The Morgan fingerprint density at radius 1 is 1.09 bits per heavy atom. The van der Waals surface area contributed by atoms with E-state index in [-0.39, 0.29) is 68.8 Å². The number of benzene rings is 3. The quantitative estimate of drug-likeness (QED) is 0.0189. The van der Waals surface area contributed by atoms with E-state index in [0.29, 0.717) is 12.1 Å². The Balaban J connectivity index is 0.00000576. The maximum Gasteiger partial charge on any atom is 2.00 e. The number of likely N-dealkylation sites (N-methyl/N-ethyl adjacent to an activating group) is 1. The second-order valence-electron chi connectivity index (χ2n) is 9.51. The molecule has 0 spiro atoms. The Morgan fingerprint density at radius 2 is 1.80 bits per heavy atom. The number of hydrogen-bond donors (Lipinski definition) is 5. The summed E-state index contributed by atoms with van der Waals surface area (Å²) in [6.07, 6.45) is 1.80. The number of azo groups is 1. The molecule has 3 aromatic carbocycles. The van der Waals surface area contributed by atoms with Gasteiger partial charge in [-0.15, -0.1) is 16.7 Å². The normalized spacial score (nSPS) is 12.3. The van der Waals surface area contributed by atoms with Gasteiger partial charge in [-0.05, 0) is 44.2 Å². The number of phenolic OH excluding ortho intramolecular Hbond substituents is 1. The van der Waals surface area contributed by atoms with E-state index >= 15 is 0 Å². The van der Waals surface area contributed by atoms with Crippen LogP contribution in [0.4, 0.5) is 29.0 Å². The molecule has 0 aliphatic rings. The first-order chi connectivity index (χ1) is 21.5. The number of hydrogen-bond acceptors (Lipinski definition) is 12. The minimum atomic E-state index is -4.78. The third kappa shape index (κ3) is 9.74. The van der Waals surface area contributed by atoms with Crippen molar-refractivity contribution in [3.8, 4) is 5.75 Å². The van der Waals surface area contributed by atoms with Gasteiger partial charge < -0.3 is 36.4 Å². The second-order valence-corrected chi connectivity index (χ2v) is 11.3. The van der Waals surface area contributed by atoms with Crippen LogP contribution < -0.4 is 16.0 Å². The van der Waals surface area contributed by atoms with Gasteiger partial charge in [0, 0.05) is 18.2 Å². The van der Waals surface area contributed by atoms with Crippen LogP contribution >= 0.6 is 11.6 Å². The van der Waals surface area contributed by atoms with Crippen LogP contribution in [0.1, 0.15) is 23.6 Å². The van der Waals surface area contributed by atoms with Gasteiger partial charge >= 0.3 is 17.1 Å². The smallest absolute Gasteiger partial charge is 0.571 e. The predicted molar refractivity (Wildman–Crippen MR) is 170 cm³/mol. The first-order valence-corrected chi connectivity index (χ1v) is 15.0. The number of phenols is 1. The van der Waals surface area contributed by atoms with Crippen molar-refractivity contribution in [3.05, 3.63) is 88.1 Å². The van der Waals surface area contributed by atoms with Crippen molar-refractivity contribution in [1.82, 2.24) is 20.3 Å². The predicted octanol–water partition coefficient (Wildman–Crippen LogP) is 5.16. The van der Waals surface area contributed by atoms with Gasteiger partial charge in [0.25, 0.3) is 10.1 Å². The van der Waals surface area contributed by atoms with Crippen molar-refractivity contribution in [2.45, 2.75) is 24.8 Å². The number of aromatic nitrogens is 3. The Morgan fingerprint density at radius 3 is 2.48 bits per heavy atom. The molecule has 0 saturated heterocycles. The molecule has 1 heterocycles. The number of nitrogens with zero attached hydrogens (tertiary/aromatic N) is 7. The Bertz CT molecular complexity index is 1860. The van der Waals surface area contributed by atoms with E-state index in [9.17, 15) is 22.9 Å². The summed E-state index contributed by atoms with van der Waals surface area (Å²) < 4.78 is 34.1. The van der Waals surface area contributed by atoms with Crippen LogP contribution in [-0.4, -0.2) is 64.8 Å². The van der Waals surface area contributed by atoms with Crippen LogP contribution in [0.15, 0.2) is 80.9 Å². The van der Waals surface area contributed by atoms with Gasteiger partial charge in [-0.2, -0.15) is 29.4 Å². The van der Waals surface area contributed by atoms with Crippen molar-refractivity contribution in [3.63, 3.8) is 0 Å². The zero-order valence-corrected chi connectivity index (χ0v) is 26.9. The third-order valence-corrected chi connectivity index (χ3v) is 6.90. The number of aryl methyl sites for hydroxylation is 1. The number of rotatable bonds is 12. The molecule has 1 atom stereocenters. The van der Waals surface area contributed by atoms with E-state index < -0.39 is 20.8 Å². The molecule has 0 amide bonds. The number of nitrogens with one attached hydrogen (secondary N) is 3. The summed E-state index contributed by atoms with van der Waals surface area (Å²) in [6.45, 7) is 4.28. The summed E-state index contributed by atoms with van der Waals surface area (Å²) in [6, 6.07) is 15.2. The number of anilines is 3. The van der Waals surface area contributed by atoms with Crippen LogP contribution in [0.3, 0.4) is 0 Å². The van der Waals surface area contributed by atoms with Gasteiger partial charge in [0.1, 0.15) is 5.75 Å². The minimum Gasteiger partial charge on any atom is -0.571 e. The van der Waals surface area contributed by atoms with Crippen molar-refractivity contribution < 1.29 is 39.9 Å². The van der Waals surface area contributed by atoms with E-state index in [4.69, 9.17) is 11.6 Å². The van der Waals surface area contributed by atoms with Gasteiger partial charge in [0.15, 0.2) is 5.84 Å². The van der Waals surface area contributed by atoms with Crippen LogP contribution in [-0.2, 0) is 32.0 Å². The average Bonchev–Trinajstić information content (AvgIpc) is 2.98. The molecule has 0 fully saturated rings. The summed E-state index contributed by atoms with van der Waals surface area (Å²) in [5.74, 6) is -0.648. The minimum absolute atomic E-state index is 0. The summed E-state index contributed by atoms with van der Waals surface area (Å²) in [7, 11) is -3.00. The summed E-state index contributed by atoms with van der Waals surface area (Å²) >= 11 is 6.06. The SMILES string of the molecule is CNCC(C)Nc1nc(Cl)nc(Nc2cc(S(=O)(=O)O)cc([N-]/N=C(\N=Nc3cc(C)ccc3[C-]=O)c3ccccc3)c2O)n1.[Cu+2]. The van der Waals surface area contributed by atoms with Gasteiger partial charge in [-0.25, -0.2) is 5.11 Å². The molecule has 243 valence electrons. The number of halogens is 1. The summed E-state index contributed by atoms with van der Waals surface area (Å²) in [5.41, 5.74) is 5.11. The topological polar surface area (TPSA) is 218 Å². The molecule has 18 heteroatoms. The fraction of sp³-hybridized carbons (Fsp3) is 0.179.